The number of hydrogen-bond acceptors (Lipinski definition) is 4. The van der Waals surface area contributed by atoms with Crippen molar-refractivity contribution in [1.82, 2.24) is 15.8 Å². The molecule has 1 aliphatic rings. The Morgan fingerprint density at radius 3 is 2.82 bits per heavy atom. The number of phenolic OH excluding ortho intramolecular Hbond substituents is 1. The van der Waals surface area contributed by atoms with Crippen LogP contribution in [-0.2, 0) is 11.2 Å². The lowest BCUT2D eigenvalue weighted by atomic mass is 9.99. The molecule has 0 radical (unpaired) electrons. The Bertz CT molecular complexity index is 799. The number of nitrogens with zero attached hydrogens (tertiary/aromatic N) is 1. The van der Waals surface area contributed by atoms with Crippen LogP contribution in [0.2, 0.25) is 0 Å². The summed E-state index contributed by atoms with van der Waals surface area (Å²) < 4.78 is 13.4. The van der Waals surface area contributed by atoms with Crippen molar-refractivity contribution in [3.05, 3.63) is 65.5 Å². The molecule has 5 nitrogen and oxygen atoms in total. The van der Waals surface area contributed by atoms with E-state index in [1.54, 1.807) is 29.2 Å². The molecule has 0 saturated carbocycles. The van der Waals surface area contributed by atoms with Gasteiger partial charge in [-0.3, -0.25) is 15.6 Å². The van der Waals surface area contributed by atoms with E-state index in [-0.39, 0.29) is 23.5 Å². The summed E-state index contributed by atoms with van der Waals surface area (Å²) in [7, 11) is 1.82. The minimum absolute atomic E-state index is 0.0818. The molecule has 0 aliphatic carbocycles. The number of rotatable bonds is 8. The zero-order valence-electron chi connectivity index (χ0n) is 16.2. The SMILES string of the molecule is CN(CCCC1CC(c2cccc(F)c2)NN1)C(=O)CCc1ccccc1O. The van der Waals surface area contributed by atoms with Crippen molar-refractivity contribution < 1.29 is 14.3 Å². The van der Waals surface area contributed by atoms with Crippen LogP contribution >= 0.6 is 0 Å². The predicted octanol–water partition coefficient (Wildman–Crippen LogP) is 3.31. The molecule has 150 valence electrons. The maximum absolute atomic E-state index is 13.4. The van der Waals surface area contributed by atoms with Crippen LogP contribution in [0, 0.1) is 5.82 Å². The second kappa shape index (κ2) is 9.66. The molecule has 2 aromatic rings. The summed E-state index contributed by atoms with van der Waals surface area (Å²) in [5.41, 5.74) is 8.26. The van der Waals surface area contributed by atoms with Crippen molar-refractivity contribution in [2.24, 2.45) is 0 Å². The van der Waals surface area contributed by atoms with Gasteiger partial charge in [-0.25, -0.2) is 4.39 Å². The Labute approximate surface area is 165 Å². The van der Waals surface area contributed by atoms with Crippen molar-refractivity contribution in [3.8, 4) is 5.75 Å². The van der Waals surface area contributed by atoms with Gasteiger partial charge in [0.1, 0.15) is 11.6 Å². The Balaban J connectivity index is 1.36. The molecule has 6 heteroatoms. The first kappa shape index (κ1) is 20.3. The van der Waals surface area contributed by atoms with Gasteiger partial charge in [-0.2, -0.15) is 0 Å². The number of amides is 1. The van der Waals surface area contributed by atoms with Gasteiger partial charge in [0.25, 0.3) is 0 Å². The molecule has 1 fully saturated rings. The van der Waals surface area contributed by atoms with E-state index in [9.17, 15) is 14.3 Å². The Morgan fingerprint density at radius 1 is 1.21 bits per heavy atom. The van der Waals surface area contributed by atoms with Crippen LogP contribution in [0.3, 0.4) is 0 Å². The fourth-order valence-electron chi connectivity index (χ4n) is 3.61. The molecule has 1 amide bonds. The van der Waals surface area contributed by atoms with E-state index < -0.39 is 0 Å². The normalized spacial score (nSPS) is 18.9. The van der Waals surface area contributed by atoms with Crippen LogP contribution in [0.25, 0.3) is 0 Å². The lowest BCUT2D eigenvalue weighted by Crippen LogP contribution is -2.32. The number of aromatic hydroxyl groups is 1. The minimum atomic E-state index is -0.216. The van der Waals surface area contributed by atoms with Crippen LogP contribution in [0.5, 0.6) is 5.75 Å². The zero-order chi connectivity index (χ0) is 19.9. The number of hydrazine groups is 1. The van der Waals surface area contributed by atoms with Crippen LogP contribution < -0.4 is 10.9 Å². The quantitative estimate of drug-likeness (QED) is 0.652. The summed E-state index contributed by atoms with van der Waals surface area (Å²) in [5.74, 6) is 0.107. The Kier molecular flexibility index (Phi) is 7.01. The monoisotopic (exact) mass is 385 g/mol. The lowest BCUT2D eigenvalue weighted by Gasteiger charge is -2.18. The average Bonchev–Trinajstić information content (AvgIpc) is 3.16. The van der Waals surface area contributed by atoms with Gasteiger partial charge in [-0.1, -0.05) is 30.3 Å². The highest BCUT2D eigenvalue weighted by Crippen LogP contribution is 2.24. The third kappa shape index (κ3) is 5.53. The molecule has 2 unspecified atom stereocenters. The first-order valence-electron chi connectivity index (χ1n) is 9.80. The molecule has 0 aromatic heterocycles. The van der Waals surface area contributed by atoms with Gasteiger partial charge in [0.15, 0.2) is 0 Å². The third-order valence-electron chi connectivity index (χ3n) is 5.30. The first-order valence-corrected chi connectivity index (χ1v) is 9.80. The topological polar surface area (TPSA) is 64.6 Å². The van der Waals surface area contributed by atoms with Gasteiger partial charge in [0.05, 0.1) is 0 Å². The van der Waals surface area contributed by atoms with Crippen LogP contribution in [-0.4, -0.2) is 35.5 Å². The molecule has 0 bridgehead atoms. The highest BCUT2D eigenvalue weighted by atomic mass is 19.1. The maximum Gasteiger partial charge on any atom is 0.222 e. The second-order valence-electron chi connectivity index (χ2n) is 7.42. The summed E-state index contributed by atoms with van der Waals surface area (Å²) in [5, 5.41) is 9.79. The number of hydrogen-bond donors (Lipinski definition) is 3. The average molecular weight is 385 g/mol. The molecular weight excluding hydrogens is 357 g/mol. The molecule has 3 rings (SSSR count). The fourth-order valence-corrected chi connectivity index (χ4v) is 3.61. The summed E-state index contributed by atoms with van der Waals surface area (Å²) in [6.07, 6.45) is 3.66. The fraction of sp³-hybridized carbons (Fsp3) is 0.409. The Morgan fingerprint density at radius 2 is 2.04 bits per heavy atom. The van der Waals surface area contributed by atoms with Crippen molar-refractivity contribution in [1.29, 1.82) is 0 Å². The van der Waals surface area contributed by atoms with Gasteiger partial charge in [-0.15, -0.1) is 0 Å². The maximum atomic E-state index is 13.4. The molecule has 2 aromatic carbocycles. The van der Waals surface area contributed by atoms with Gasteiger partial charge in [0, 0.05) is 32.1 Å². The molecule has 0 spiro atoms. The highest BCUT2D eigenvalue weighted by molar-refractivity contribution is 5.76. The van der Waals surface area contributed by atoms with E-state index in [1.807, 2.05) is 25.2 Å². The smallest absolute Gasteiger partial charge is 0.222 e. The number of aryl methyl sites for hydroxylation is 1. The molecule has 1 saturated heterocycles. The number of halogens is 1. The molecule has 2 atom stereocenters. The van der Waals surface area contributed by atoms with Gasteiger partial charge >= 0.3 is 0 Å². The number of carbonyl (C=O) groups is 1. The van der Waals surface area contributed by atoms with Crippen molar-refractivity contribution in [2.75, 3.05) is 13.6 Å². The van der Waals surface area contributed by atoms with E-state index in [2.05, 4.69) is 10.9 Å². The summed E-state index contributed by atoms with van der Waals surface area (Å²) in [6.45, 7) is 0.697. The van der Waals surface area contributed by atoms with E-state index in [0.717, 1.165) is 30.4 Å². The first-order chi connectivity index (χ1) is 13.5. The van der Waals surface area contributed by atoms with Crippen molar-refractivity contribution in [3.63, 3.8) is 0 Å². The number of para-hydroxylation sites is 1. The van der Waals surface area contributed by atoms with E-state index in [0.29, 0.717) is 25.4 Å². The van der Waals surface area contributed by atoms with Crippen LogP contribution in [0.15, 0.2) is 48.5 Å². The molecule has 3 N–H and O–H groups in total. The molecular formula is C22H28FN3O2. The predicted molar refractivity (Wildman–Crippen MR) is 107 cm³/mol. The molecule has 1 heterocycles. The Hall–Kier alpha value is -2.44. The summed E-state index contributed by atoms with van der Waals surface area (Å²) in [6, 6.07) is 14.2. The summed E-state index contributed by atoms with van der Waals surface area (Å²) >= 11 is 0. The minimum Gasteiger partial charge on any atom is -0.508 e. The van der Waals surface area contributed by atoms with E-state index in [1.165, 1.54) is 6.07 Å². The third-order valence-corrected chi connectivity index (χ3v) is 5.30. The van der Waals surface area contributed by atoms with Gasteiger partial charge < -0.3 is 10.0 Å². The summed E-state index contributed by atoms with van der Waals surface area (Å²) in [4.78, 5) is 14.1. The number of phenols is 1. The van der Waals surface area contributed by atoms with Crippen LogP contribution in [0.4, 0.5) is 4.39 Å². The van der Waals surface area contributed by atoms with Crippen LogP contribution in [0.1, 0.15) is 42.9 Å². The standard InChI is InChI=1S/C22H28FN3O2/c1-26(22(28)12-11-16-6-2-3-10-21(16)27)13-5-9-19-15-20(25-24-19)17-7-4-8-18(23)14-17/h2-4,6-8,10,14,19-20,24-25,27H,5,9,11-13,15H2,1H3. The largest absolute Gasteiger partial charge is 0.508 e. The second-order valence-corrected chi connectivity index (χ2v) is 7.42. The number of carbonyl (C=O) groups excluding carboxylic acids is 1. The van der Waals surface area contributed by atoms with Crippen molar-refractivity contribution in [2.45, 2.75) is 44.2 Å². The highest BCUT2D eigenvalue weighted by Gasteiger charge is 2.25. The van der Waals surface area contributed by atoms with Gasteiger partial charge in [0.2, 0.25) is 5.91 Å². The van der Waals surface area contributed by atoms with E-state index in [4.69, 9.17) is 0 Å². The van der Waals surface area contributed by atoms with E-state index >= 15 is 0 Å². The number of nitrogens with one attached hydrogen (secondary N) is 2. The molecule has 1 aliphatic heterocycles. The van der Waals surface area contributed by atoms with Crippen molar-refractivity contribution >= 4 is 5.91 Å². The molecule has 28 heavy (non-hydrogen) atoms. The zero-order valence-corrected chi connectivity index (χ0v) is 16.2. The number of benzene rings is 2. The lowest BCUT2D eigenvalue weighted by molar-refractivity contribution is -0.129. The van der Waals surface area contributed by atoms with Gasteiger partial charge in [-0.05, 0) is 55.0 Å².